The lowest BCUT2D eigenvalue weighted by atomic mass is 9.86. The number of amides is 1. The van der Waals surface area contributed by atoms with Crippen LogP contribution in [0.5, 0.6) is 0 Å². The van der Waals surface area contributed by atoms with Gasteiger partial charge in [0.15, 0.2) is 17.3 Å². The molecule has 0 radical (unpaired) electrons. The van der Waals surface area contributed by atoms with E-state index in [0.29, 0.717) is 12.3 Å². The summed E-state index contributed by atoms with van der Waals surface area (Å²) in [7, 11) is 0. The van der Waals surface area contributed by atoms with E-state index in [2.05, 4.69) is 9.97 Å². The van der Waals surface area contributed by atoms with Crippen LogP contribution >= 0.6 is 0 Å². The van der Waals surface area contributed by atoms with Gasteiger partial charge in [0.1, 0.15) is 23.2 Å². The van der Waals surface area contributed by atoms with Gasteiger partial charge in [-0.3, -0.25) is 14.2 Å². The van der Waals surface area contributed by atoms with Gasteiger partial charge in [0.25, 0.3) is 5.91 Å². The van der Waals surface area contributed by atoms with Crippen molar-refractivity contribution in [3.63, 3.8) is 0 Å². The van der Waals surface area contributed by atoms with Crippen molar-refractivity contribution in [2.45, 2.75) is 45.2 Å². The van der Waals surface area contributed by atoms with Crippen LogP contribution in [-0.4, -0.2) is 68.2 Å². The van der Waals surface area contributed by atoms with Crippen LogP contribution in [0.2, 0.25) is 0 Å². The molecule has 0 unspecified atom stereocenters. The maximum Gasteiger partial charge on any atom is 0.409 e. The summed E-state index contributed by atoms with van der Waals surface area (Å²) < 4.78 is 70.2. The summed E-state index contributed by atoms with van der Waals surface area (Å²) in [4.78, 5) is 35.7. The van der Waals surface area contributed by atoms with E-state index in [4.69, 9.17) is 0 Å². The number of pyridine rings is 3. The first-order valence-electron chi connectivity index (χ1n) is 11.4. The van der Waals surface area contributed by atoms with Crippen molar-refractivity contribution < 1.29 is 37.0 Å². The van der Waals surface area contributed by atoms with Gasteiger partial charge in [0.05, 0.1) is 23.8 Å². The summed E-state index contributed by atoms with van der Waals surface area (Å²) in [6.07, 6.45) is -5.50. The Bertz CT molecular complexity index is 1430. The third-order valence-corrected chi connectivity index (χ3v) is 6.15. The third-order valence-electron chi connectivity index (χ3n) is 6.15. The maximum atomic E-state index is 14.8. The number of β-amino-alcohol motifs (C(OH)–C–C–N with tert-alkyl or cyclic N) is 2. The van der Waals surface area contributed by atoms with E-state index in [1.54, 1.807) is 0 Å². The largest absolute Gasteiger partial charge is 0.409 e. The van der Waals surface area contributed by atoms with Crippen molar-refractivity contribution in [3.05, 3.63) is 58.0 Å². The third kappa shape index (κ3) is 5.18. The van der Waals surface area contributed by atoms with Gasteiger partial charge in [-0.1, -0.05) is 20.8 Å². The molecule has 1 aliphatic rings. The minimum absolute atomic E-state index is 0.000805. The molecule has 0 aliphatic carbocycles. The fourth-order valence-electron chi connectivity index (χ4n) is 4.23. The van der Waals surface area contributed by atoms with E-state index in [1.165, 1.54) is 37.8 Å². The Morgan fingerprint density at radius 2 is 1.76 bits per heavy atom. The first-order chi connectivity index (χ1) is 17.6. The molecule has 38 heavy (non-hydrogen) atoms. The summed E-state index contributed by atoms with van der Waals surface area (Å²) in [5, 5.41) is 21.3. The number of hydrogen-bond donors (Lipinski definition) is 3. The number of aliphatic hydroxyl groups is 2. The Balaban J connectivity index is 1.91. The molecule has 1 aliphatic heterocycles. The SMILES string of the molecule is CC(C)(C)[C@H](NC(=O)c1cn(-c2ncc(F)cc2F)c2nc(N3C[C@@H](O)[C@H](O)C3)ccc2c1=O)C(F)(F)F. The first-order valence-corrected chi connectivity index (χ1v) is 11.4. The smallest absolute Gasteiger partial charge is 0.389 e. The van der Waals surface area contributed by atoms with Crippen LogP contribution in [0, 0.1) is 17.0 Å². The summed E-state index contributed by atoms with van der Waals surface area (Å²) in [5.41, 5.74) is -3.42. The fraction of sp³-hybridized carbons (Fsp3) is 0.417. The second-order valence-corrected chi connectivity index (χ2v) is 10.1. The molecule has 1 saturated heterocycles. The number of alkyl halides is 3. The number of fused-ring (bicyclic) bond motifs is 1. The molecule has 1 fully saturated rings. The second kappa shape index (κ2) is 9.58. The van der Waals surface area contributed by atoms with E-state index in [1.807, 2.05) is 5.32 Å². The number of carbonyl (C=O) groups is 1. The number of aliphatic hydroxyl groups excluding tert-OH is 2. The Labute approximate surface area is 212 Å². The van der Waals surface area contributed by atoms with Crippen LogP contribution < -0.4 is 15.6 Å². The lowest BCUT2D eigenvalue weighted by Gasteiger charge is -2.33. The highest BCUT2D eigenvalue weighted by atomic mass is 19.4. The molecular weight excluding hydrogens is 517 g/mol. The summed E-state index contributed by atoms with van der Waals surface area (Å²) in [5.74, 6) is -3.96. The van der Waals surface area contributed by atoms with Crippen molar-refractivity contribution in [1.82, 2.24) is 19.9 Å². The molecule has 9 nitrogen and oxygen atoms in total. The number of anilines is 1. The molecule has 3 aromatic rings. The molecule has 3 aromatic heterocycles. The predicted octanol–water partition coefficient (Wildman–Crippen LogP) is 2.31. The number of rotatable bonds is 4. The predicted molar refractivity (Wildman–Crippen MR) is 126 cm³/mol. The number of nitrogens with zero attached hydrogens (tertiary/aromatic N) is 4. The average molecular weight is 541 g/mol. The average Bonchev–Trinajstić information content (AvgIpc) is 3.14. The molecule has 3 atom stereocenters. The standard InChI is InChI=1S/C24H24F5N5O4/c1-23(2,3)22(24(27,28)29)32-21(38)13-8-34(20-14(26)6-11(25)7-30-20)19-12(18(13)37)4-5-17(31-19)33-9-15(35)16(36)10-33/h4-8,15-16,22,35-36H,9-10H2,1-3H3,(H,32,38)/t15-,16-,22+/m1/s1. The van der Waals surface area contributed by atoms with Gasteiger partial charge in [-0.2, -0.15) is 13.2 Å². The zero-order valence-corrected chi connectivity index (χ0v) is 20.4. The molecule has 4 heterocycles. The zero-order chi connectivity index (χ0) is 28.2. The topological polar surface area (TPSA) is 121 Å². The second-order valence-electron chi connectivity index (χ2n) is 10.1. The Morgan fingerprint density at radius 3 is 2.32 bits per heavy atom. The number of carbonyl (C=O) groups excluding carboxylic acids is 1. The molecule has 3 N–H and O–H groups in total. The van der Waals surface area contributed by atoms with Crippen molar-refractivity contribution in [2.75, 3.05) is 18.0 Å². The Kier molecular flexibility index (Phi) is 6.91. The first kappa shape index (κ1) is 27.4. The van der Waals surface area contributed by atoms with Gasteiger partial charge in [-0.25, -0.2) is 18.7 Å². The summed E-state index contributed by atoms with van der Waals surface area (Å²) in [6, 6.07) is 0.766. The number of halogens is 5. The molecule has 0 bridgehead atoms. The van der Waals surface area contributed by atoms with Gasteiger partial charge in [0.2, 0.25) is 5.43 Å². The molecule has 204 valence electrons. The maximum absolute atomic E-state index is 14.8. The lowest BCUT2D eigenvalue weighted by Crippen LogP contribution is -2.53. The Hall–Kier alpha value is -3.65. The van der Waals surface area contributed by atoms with Crippen molar-refractivity contribution >= 4 is 22.8 Å². The van der Waals surface area contributed by atoms with Crippen molar-refractivity contribution in [1.29, 1.82) is 0 Å². The van der Waals surface area contributed by atoms with Crippen LogP contribution in [0.1, 0.15) is 31.1 Å². The lowest BCUT2D eigenvalue weighted by molar-refractivity contribution is -0.174. The summed E-state index contributed by atoms with van der Waals surface area (Å²) in [6.45, 7) is 3.79. The van der Waals surface area contributed by atoms with Crippen LogP contribution in [0.3, 0.4) is 0 Å². The minimum atomic E-state index is -4.84. The molecule has 0 spiro atoms. The molecule has 0 saturated carbocycles. The van der Waals surface area contributed by atoms with Crippen molar-refractivity contribution in [3.8, 4) is 5.82 Å². The van der Waals surface area contributed by atoms with Gasteiger partial charge in [0, 0.05) is 25.4 Å². The van der Waals surface area contributed by atoms with E-state index in [0.717, 1.165) is 10.8 Å². The van der Waals surface area contributed by atoms with Crippen molar-refractivity contribution in [2.24, 2.45) is 5.41 Å². The summed E-state index contributed by atoms with van der Waals surface area (Å²) >= 11 is 0. The highest BCUT2D eigenvalue weighted by Crippen LogP contribution is 2.33. The van der Waals surface area contributed by atoms with Crippen LogP contribution in [0.15, 0.2) is 35.4 Å². The van der Waals surface area contributed by atoms with Gasteiger partial charge < -0.3 is 20.4 Å². The monoisotopic (exact) mass is 541 g/mol. The minimum Gasteiger partial charge on any atom is -0.389 e. The highest BCUT2D eigenvalue weighted by molar-refractivity contribution is 5.97. The molecular formula is C24H24F5N5O4. The molecule has 0 aromatic carbocycles. The zero-order valence-electron chi connectivity index (χ0n) is 20.4. The molecule has 4 rings (SSSR count). The van der Waals surface area contributed by atoms with Crippen LogP contribution in [-0.2, 0) is 0 Å². The number of aromatic nitrogens is 3. The van der Waals surface area contributed by atoms with E-state index in [9.17, 15) is 41.8 Å². The van der Waals surface area contributed by atoms with E-state index >= 15 is 0 Å². The highest BCUT2D eigenvalue weighted by Gasteiger charge is 2.48. The number of nitrogens with one attached hydrogen (secondary N) is 1. The van der Waals surface area contributed by atoms with Gasteiger partial charge in [-0.15, -0.1) is 0 Å². The Morgan fingerprint density at radius 1 is 1.13 bits per heavy atom. The van der Waals surface area contributed by atoms with E-state index < -0.39 is 64.2 Å². The van der Waals surface area contributed by atoms with Gasteiger partial charge >= 0.3 is 6.18 Å². The van der Waals surface area contributed by atoms with Crippen LogP contribution in [0.25, 0.3) is 16.9 Å². The fourth-order valence-corrected chi connectivity index (χ4v) is 4.23. The number of hydrogen-bond acceptors (Lipinski definition) is 7. The quantitative estimate of drug-likeness (QED) is 0.434. The van der Waals surface area contributed by atoms with Gasteiger partial charge in [-0.05, 0) is 17.5 Å². The molecule has 1 amide bonds. The normalized spacial score (nSPS) is 19.2. The van der Waals surface area contributed by atoms with Crippen LogP contribution in [0.4, 0.5) is 27.8 Å². The van der Waals surface area contributed by atoms with E-state index in [-0.39, 0.29) is 29.9 Å². The molecule has 14 heteroatoms.